The quantitative estimate of drug-likeness (QED) is 0.585. The maximum Gasteiger partial charge on any atom is 0.242 e. The number of rotatable bonds is 5. The first-order valence-electron chi connectivity index (χ1n) is 8.97. The number of carbonyl (C=O) groups is 2. The average molecular weight is 399 g/mol. The first-order valence-corrected chi connectivity index (χ1v) is 10.3. The number of ketones is 1. The third-order valence-electron chi connectivity index (χ3n) is 4.46. The predicted molar refractivity (Wildman–Crippen MR) is 115 cm³/mol. The molecule has 2 aromatic carbocycles. The number of carbonyl (C=O) groups excluding carboxylic acids is 2. The van der Waals surface area contributed by atoms with Crippen molar-refractivity contribution in [3.63, 3.8) is 0 Å². The summed E-state index contributed by atoms with van der Waals surface area (Å²) in [4.78, 5) is 26.8. The van der Waals surface area contributed by atoms with Gasteiger partial charge >= 0.3 is 0 Å². The van der Waals surface area contributed by atoms with Crippen molar-refractivity contribution in [3.8, 4) is 0 Å². The summed E-state index contributed by atoms with van der Waals surface area (Å²) in [7, 11) is 0. The molecule has 1 heterocycles. The summed E-state index contributed by atoms with van der Waals surface area (Å²) in [6.07, 6.45) is 2.28. The maximum absolute atomic E-state index is 13.0. The van der Waals surface area contributed by atoms with Crippen LogP contribution in [0.3, 0.4) is 0 Å². The fourth-order valence-corrected chi connectivity index (χ4v) is 4.46. The Labute approximate surface area is 169 Å². The number of Topliss-reactive ketones (excluding diaryl/α,β-unsaturated/α-hetero) is 1. The number of hydrogen-bond acceptors (Lipinski definition) is 4. The van der Waals surface area contributed by atoms with Gasteiger partial charge in [0.25, 0.3) is 0 Å². The molecule has 1 N–H and O–H groups in total. The Bertz CT molecular complexity index is 833. The van der Waals surface area contributed by atoms with E-state index in [0.29, 0.717) is 11.3 Å². The van der Waals surface area contributed by atoms with Crippen LogP contribution in [0, 0.1) is 0 Å². The van der Waals surface area contributed by atoms with Gasteiger partial charge in [0, 0.05) is 24.3 Å². The normalized spacial score (nSPS) is 14.6. The van der Waals surface area contributed by atoms with E-state index in [2.05, 4.69) is 10.2 Å². The zero-order chi connectivity index (χ0) is 19.2. The molecule has 0 bridgehead atoms. The lowest BCUT2D eigenvalue weighted by Crippen LogP contribution is -2.27. The van der Waals surface area contributed by atoms with Crippen LogP contribution in [-0.2, 0) is 4.79 Å². The second kappa shape index (κ2) is 9.15. The molecule has 0 aliphatic carbocycles. The van der Waals surface area contributed by atoms with E-state index < -0.39 is 5.25 Å². The molecule has 0 aromatic heterocycles. The molecule has 3 rings (SSSR count). The van der Waals surface area contributed by atoms with Crippen LogP contribution in [0.4, 0.5) is 5.69 Å². The Morgan fingerprint density at radius 2 is 1.78 bits per heavy atom. The molecular formula is C21H22N2O2S2. The van der Waals surface area contributed by atoms with Crippen molar-refractivity contribution in [2.24, 2.45) is 0 Å². The first-order chi connectivity index (χ1) is 13.0. The van der Waals surface area contributed by atoms with Crippen molar-refractivity contribution >= 4 is 45.7 Å². The van der Waals surface area contributed by atoms with Crippen LogP contribution >= 0.6 is 24.0 Å². The number of amides is 1. The van der Waals surface area contributed by atoms with Crippen molar-refractivity contribution in [2.75, 3.05) is 18.4 Å². The van der Waals surface area contributed by atoms with Crippen LogP contribution in [0.1, 0.15) is 40.9 Å². The molecule has 4 nitrogen and oxygen atoms in total. The molecule has 1 aliphatic rings. The predicted octanol–water partition coefficient (Wildman–Crippen LogP) is 4.68. The molecule has 0 radical (unpaired) electrons. The van der Waals surface area contributed by atoms with Crippen LogP contribution in [0.25, 0.3) is 0 Å². The molecular weight excluding hydrogens is 376 g/mol. The summed E-state index contributed by atoms with van der Waals surface area (Å²) in [6.45, 7) is 3.42. The summed E-state index contributed by atoms with van der Waals surface area (Å²) in [6, 6.07) is 16.7. The molecule has 0 spiro atoms. The molecule has 1 amide bonds. The number of thioether (sulfide) groups is 1. The van der Waals surface area contributed by atoms with E-state index in [-0.39, 0.29) is 11.7 Å². The van der Waals surface area contributed by atoms with Crippen LogP contribution < -0.4 is 5.32 Å². The Hall–Kier alpha value is -2.18. The van der Waals surface area contributed by atoms with Gasteiger partial charge in [-0.25, -0.2) is 0 Å². The molecule has 140 valence electrons. The summed E-state index contributed by atoms with van der Waals surface area (Å²) in [5.41, 5.74) is 2.09. The zero-order valence-electron chi connectivity index (χ0n) is 15.2. The zero-order valence-corrected chi connectivity index (χ0v) is 16.8. The third-order valence-corrected chi connectivity index (χ3v) is 6.19. The second-order valence-corrected chi connectivity index (χ2v) is 8.23. The molecule has 1 atom stereocenters. The second-order valence-electron chi connectivity index (χ2n) is 6.49. The monoisotopic (exact) mass is 398 g/mol. The smallest absolute Gasteiger partial charge is 0.242 e. The lowest BCUT2D eigenvalue weighted by molar-refractivity contribution is -0.115. The SMILES string of the molecule is CC(=O)c1cccc(NC(=O)C(SC(=S)N2CCCC2)c2ccccc2)c1. The summed E-state index contributed by atoms with van der Waals surface area (Å²) in [5, 5.41) is 2.50. The van der Waals surface area contributed by atoms with Crippen molar-refractivity contribution in [1.29, 1.82) is 0 Å². The average Bonchev–Trinajstić information content (AvgIpc) is 3.21. The minimum atomic E-state index is -0.444. The van der Waals surface area contributed by atoms with E-state index in [1.807, 2.05) is 30.3 Å². The van der Waals surface area contributed by atoms with Gasteiger partial charge in [-0.3, -0.25) is 9.59 Å². The Morgan fingerprint density at radius 3 is 2.44 bits per heavy atom. The van der Waals surface area contributed by atoms with E-state index in [4.69, 9.17) is 12.2 Å². The van der Waals surface area contributed by atoms with Gasteiger partial charge in [0.2, 0.25) is 5.91 Å². The molecule has 1 fully saturated rings. The molecule has 2 aromatic rings. The van der Waals surface area contributed by atoms with Gasteiger partial charge in [-0.1, -0.05) is 66.4 Å². The van der Waals surface area contributed by atoms with Gasteiger partial charge in [-0.2, -0.15) is 0 Å². The van der Waals surface area contributed by atoms with Gasteiger partial charge in [0.1, 0.15) is 9.57 Å². The van der Waals surface area contributed by atoms with Gasteiger partial charge in [-0.05, 0) is 37.5 Å². The highest BCUT2D eigenvalue weighted by atomic mass is 32.2. The molecule has 1 saturated heterocycles. The number of hydrogen-bond donors (Lipinski definition) is 1. The number of nitrogens with zero attached hydrogens (tertiary/aromatic N) is 1. The van der Waals surface area contributed by atoms with Gasteiger partial charge < -0.3 is 10.2 Å². The standard InChI is InChI=1S/C21H22N2O2S2/c1-15(24)17-10-7-11-18(14-17)22-20(25)19(16-8-3-2-4-9-16)27-21(26)23-12-5-6-13-23/h2-4,7-11,14,19H,5-6,12-13H2,1H3,(H,22,25). The number of anilines is 1. The lowest BCUT2D eigenvalue weighted by Gasteiger charge is -2.23. The number of thiocarbonyl (C=S) groups is 1. The van der Waals surface area contributed by atoms with E-state index in [0.717, 1.165) is 35.8 Å². The highest BCUT2D eigenvalue weighted by Crippen LogP contribution is 2.33. The molecule has 0 saturated carbocycles. The number of nitrogens with one attached hydrogen (secondary N) is 1. The Kier molecular flexibility index (Phi) is 6.63. The van der Waals surface area contributed by atoms with E-state index in [1.165, 1.54) is 18.7 Å². The molecule has 6 heteroatoms. The maximum atomic E-state index is 13.0. The van der Waals surface area contributed by atoms with Gasteiger partial charge in [0.15, 0.2) is 5.78 Å². The van der Waals surface area contributed by atoms with Crippen LogP contribution in [-0.4, -0.2) is 34.0 Å². The van der Waals surface area contributed by atoms with Crippen LogP contribution in [0.15, 0.2) is 54.6 Å². The molecule has 1 unspecified atom stereocenters. The summed E-state index contributed by atoms with van der Waals surface area (Å²) >= 11 is 7.00. The Balaban J connectivity index is 1.79. The summed E-state index contributed by atoms with van der Waals surface area (Å²) < 4.78 is 0.758. The number of benzene rings is 2. The van der Waals surface area contributed by atoms with Crippen LogP contribution in [0.5, 0.6) is 0 Å². The fraction of sp³-hybridized carbons (Fsp3) is 0.286. The molecule has 27 heavy (non-hydrogen) atoms. The highest BCUT2D eigenvalue weighted by Gasteiger charge is 2.26. The fourth-order valence-electron chi connectivity index (χ4n) is 3.00. The highest BCUT2D eigenvalue weighted by molar-refractivity contribution is 8.23. The van der Waals surface area contributed by atoms with Crippen LogP contribution in [0.2, 0.25) is 0 Å². The Morgan fingerprint density at radius 1 is 1.07 bits per heavy atom. The van der Waals surface area contributed by atoms with E-state index >= 15 is 0 Å². The largest absolute Gasteiger partial charge is 0.357 e. The minimum absolute atomic E-state index is 0.0321. The number of likely N-dealkylation sites (tertiary alicyclic amines) is 1. The topological polar surface area (TPSA) is 49.4 Å². The van der Waals surface area contributed by atoms with Crippen molar-refractivity contribution in [3.05, 3.63) is 65.7 Å². The van der Waals surface area contributed by atoms with E-state index in [1.54, 1.807) is 24.3 Å². The van der Waals surface area contributed by atoms with Gasteiger partial charge in [-0.15, -0.1) is 0 Å². The van der Waals surface area contributed by atoms with Crippen molar-refractivity contribution < 1.29 is 9.59 Å². The van der Waals surface area contributed by atoms with Gasteiger partial charge in [0.05, 0.1) is 0 Å². The van der Waals surface area contributed by atoms with E-state index in [9.17, 15) is 9.59 Å². The van der Waals surface area contributed by atoms with Crippen molar-refractivity contribution in [2.45, 2.75) is 25.0 Å². The third kappa shape index (κ3) is 5.17. The lowest BCUT2D eigenvalue weighted by atomic mass is 10.1. The van der Waals surface area contributed by atoms with Crippen molar-refractivity contribution in [1.82, 2.24) is 4.90 Å². The molecule has 1 aliphatic heterocycles. The summed E-state index contributed by atoms with van der Waals surface area (Å²) in [5.74, 6) is -0.177. The first kappa shape index (κ1) is 19.6. The minimum Gasteiger partial charge on any atom is -0.357 e.